The molecule has 1 amide bonds. The van der Waals surface area contributed by atoms with E-state index in [-0.39, 0.29) is 11.7 Å². The van der Waals surface area contributed by atoms with Gasteiger partial charge in [-0.1, -0.05) is 32.0 Å². The number of amides is 1. The van der Waals surface area contributed by atoms with Crippen LogP contribution in [0.15, 0.2) is 30.3 Å². The fourth-order valence-electron chi connectivity index (χ4n) is 3.13. The van der Waals surface area contributed by atoms with Crippen LogP contribution in [0.25, 0.3) is 0 Å². The Morgan fingerprint density at radius 1 is 1.18 bits per heavy atom. The zero-order valence-corrected chi connectivity index (χ0v) is 21.5. The van der Waals surface area contributed by atoms with E-state index in [2.05, 4.69) is 5.09 Å². The van der Waals surface area contributed by atoms with Gasteiger partial charge in [0.1, 0.15) is 23.5 Å². The molecule has 1 fully saturated rings. The van der Waals surface area contributed by atoms with Crippen molar-refractivity contribution in [2.75, 3.05) is 6.61 Å². The van der Waals surface area contributed by atoms with Gasteiger partial charge in [0.2, 0.25) is 0 Å². The van der Waals surface area contributed by atoms with E-state index >= 15 is 0 Å². The largest absolute Gasteiger partial charge is 0.459 e. The molecular weight excluding hydrogens is 467 g/mol. The van der Waals surface area contributed by atoms with E-state index in [1.54, 1.807) is 78.8 Å². The summed E-state index contributed by atoms with van der Waals surface area (Å²) in [4.78, 5) is 24.8. The van der Waals surface area contributed by atoms with Gasteiger partial charge in [0.25, 0.3) is 5.91 Å². The third-order valence-corrected chi connectivity index (χ3v) is 6.09. The fraction of sp³-hybridized carbons (Fsp3) is 0.636. The molecule has 0 radical (unpaired) electrons. The van der Waals surface area contributed by atoms with Gasteiger partial charge in [0.05, 0.1) is 6.61 Å². The molecule has 1 aliphatic heterocycles. The monoisotopic (exact) mass is 502 g/mol. The topological polar surface area (TPSA) is 142 Å². The molecule has 12 heteroatoms. The summed E-state index contributed by atoms with van der Waals surface area (Å²) < 4.78 is 41.8. The zero-order valence-electron chi connectivity index (χ0n) is 20.6. The van der Waals surface area contributed by atoms with Crippen LogP contribution < -0.4 is 15.1 Å². The summed E-state index contributed by atoms with van der Waals surface area (Å²) >= 11 is 0. The van der Waals surface area contributed by atoms with Gasteiger partial charge >= 0.3 is 13.7 Å². The first-order valence-electron chi connectivity index (χ1n) is 10.9. The first-order chi connectivity index (χ1) is 15.6. The highest BCUT2D eigenvalue weighted by molar-refractivity contribution is 7.52. The van der Waals surface area contributed by atoms with E-state index in [9.17, 15) is 14.2 Å². The van der Waals surface area contributed by atoms with E-state index in [1.165, 1.54) is 5.48 Å². The summed E-state index contributed by atoms with van der Waals surface area (Å²) in [6.07, 6.45) is -2.24. The first-order valence-corrected chi connectivity index (χ1v) is 12.5. The first kappa shape index (κ1) is 28.2. The smallest absolute Gasteiger partial charge is 0.459 e. The second-order valence-corrected chi connectivity index (χ2v) is 11.3. The second-order valence-electron chi connectivity index (χ2n) is 9.65. The molecule has 0 bridgehead atoms. The zero-order chi connectivity index (χ0) is 25.7. The predicted molar refractivity (Wildman–Crippen MR) is 122 cm³/mol. The third-order valence-electron chi connectivity index (χ3n) is 4.55. The lowest BCUT2D eigenvalue weighted by molar-refractivity contribution is -0.160. The van der Waals surface area contributed by atoms with E-state index in [0.29, 0.717) is 0 Å². The van der Waals surface area contributed by atoms with E-state index in [0.717, 1.165) is 0 Å². The minimum absolute atomic E-state index is 0.235. The van der Waals surface area contributed by atoms with Crippen LogP contribution in [0.1, 0.15) is 48.5 Å². The number of ether oxygens (including phenoxy) is 3. The Kier molecular flexibility index (Phi) is 9.26. The van der Waals surface area contributed by atoms with Gasteiger partial charge in [-0.3, -0.25) is 19.3 Å². The maximum absolute atomic E-state index is 13.8. The van der Waals surface area contributed by atoms with Gasteiger partial charge in [0.15, 0.2) is 11.9 Å². The van der Waals surface area contributed by atoms with Crippen molar-refractivity contribution >= 4 is 19.6 Å². The molecule has 1 unspecified atom stereocenters. The third kappa shape index (κ3) is 8.33. The Hall–Kier alpha value is -2.01. The summed E-state index contributed by atoms with van der Waals surface area (Å²) in [5.41, 5.74) is 0.757. The van der Waals surface area contributed by atoms with Crippen molar-refractivity contribution in [1.29, 1.82) is 0 Å². The molecule has 1 aliphatic rings. The fourth-order valence-corrected chi connectivity index (χ4v) is 4.80. The van der Waals surface area contributed by atoms with Gasteiger partial charge in [-0.05, 0) is 52.7 Å². The molecule has 0 aromatic heterocycles. The molecule has 0 saturated carbocycles. The van der Waals surface area contributed by atoms with Gasteiger partial charge in [-0.2, -0.15) is 5.09 Å². The second kappa shape index (κ2) is 11.2. The van der Waals surface area contributed by atoms with Crippen molar-refractivity contribution in [2.24, 2.45) is 5.92 Å². The minimum Gasteiger partial charge on any atom is -0.459 e. The van der Waals surface area contributed by atoms with Crippen molar-refractivity contribution < 1.29 is 42.6 Å². The molecule has 0 spiro atoms. The normalized spacial score (nSPS) is 22.6. The number of hydrogen-bond acceptors (Lipinski definition) is 9. The van der Waals surface area contributed by atoms with Crippen LogP contribution in [0.3, 0.4) is 0 Å². The molecule has 1 heterocycles. The lowest BCUT2D eigenvalue weighted by Gasteiger charge is -2.30. The number of hydrogen-bond donors (Lipinski definition) is 3. The average molecular weight is 503 g/mol. The molecular formula is C22H35N2O9P. The van der Waals surface area contributed by atoms with Crippen molar-refractivity contribution in [3.8, 4) is 5.75 Å². The number of carbonyl (C=O) groups excluding carboxylic acids is 2. The predicted octanol–water partition coefficient (Wildman–Crippen LogP) is 3.17. The molecule has 3 N–H and O–H groups in total. The highest BCUT2D eigenvalue weighted by atomic mass is 31.2. The quantitative estimate of drug-likeness (QED) is 0.189. The molecule has 11 nitrogen and oxygen atoms in total. The van der Waals surface area contributed by atoms with Crippen molar-refractivity contribution in [2.45, 2.75) is 78.1 Å². The van der Waals surface area contributed by atoms with Crippen LogP contribution in [0.4, 0.5) is 0 Å². The number of para-hydroxylation sites is 1. The van der Waals surface area contributed by atoms with E-state index in [4.69, 9.17) is 28.5 Å². The summed E-state index contributed by atoms with van der Waals surface area (Å²) in [5, 5.41) is 11.7. The Morgan fingerprint density at radius 3 is 2.32 bits per heavy atom. The highest BCUT2D eigenvalue weighted by Gasteiger charge is 2.47. The Labute approximate surface area is 200 Å². The Morgan fingerprint density at radius 2 is 1.79 bits per heavy atom. The van der Waals surface area contributed by atoms with Crippen LogP contribution in [0.2, 0.25) is 0 Å². The number of nitrogens with one attached hydrogen (secondary N) is 2. The molecule has 0 aliphatic carbocycles. The standard InChI is InChI=1S/C22H35N2O9P/c1-14(2)17(20(26)32-21(3,4)5)24-34(28,33-15-11-9-8-10-12-15)29-13-16-18(19(25)23-27)31-22(6,7)30-16/h8-12,14,16-18,27H,13H2,1-7H3,(H,23,25)(H,24,28)/t16-,17+,18-,34?/m1/s1. The summed E-state index contributed by atoms with van der Waals surface area (Å²) in [7, 11) is -4.21. The summed E-state index contributed by atoms with van der Waals surface area (Å²) in [6.45, 7) is 11.5. The summed E-state index contributed by atoms with van der Waals surface area (Å²) in [5.74, 6) is -2.72. The Balaban J connectivity index is 2.28. The number of carbonyl (C=O) groups is 2. The molecule has 1 aromatic carbocycles. The maximum Gasteiger partial charge on any atom is 0.459 e. The van der Waals surface area contributed by atoms with Crippen LogP contribution in [0.5, 0.6) is 5.75 Å². The highest BCUT2D eigenvalue weighted by Crippen LogP contribution is 2.46. The van der Waals surface area contributed by atoms with Crippen LogP contribution >= 0.6 is 7.75 Å². The average Bonchev–Trinajstić information content (AvgIpc) is 3.04. The number of benzene rings is 1. The molecule has 1 aromatic rings. The van der Waals surface area contributed by atoms with Crippen molar-refractivity contribution in [1.82, 2.24) is 10.6 Å². The van der Waals surface area contributed by atoms with Gasteiger partial charge in [0, 0.05) is 0 Å². The van der Waals surface area contributed by atoms with E-state index < -0.39 is 55.9 Å². The van der Waals surface area contributed by atoms with Crippen LogP contribution in [0, 0.1) is 5.92 Å². The molecule has 4 atom stereocenters. The van der Waals surface area contributed by atoms with Gasteiger partial charge in [-0.25, -0.2) is 10.0 Å². The number of rotatable bonds is 10. The van der Waals surface area contributed by atoms with Crippen LogP contribution in [-0.2, 0) is 32.9 Å². The SMILES string of the molecule is CC(C)[C@H](NP(=O)(OC[C@H]1OC(C)(C)O[C@H]1C(=O)NO)Oc1ccccc1)C(=O)OC(C)(C)C. The molecule has 2 rings (SSSR count). The molecule has 192 valence electrons. The molecule has 1 saturated heterocycles. The number of hydroxylamine groups is 1. The number of esters is 1. The lowest BCUT2D eigenvalue weighted by atomic mass is 10.1. The van der Waals surface area contributed by atoms with Crippen LogP contribution in [-0.4, -0.2) is 53.3 Å². The van der Waals surface area contributed by atoms with E-state index in [1.807, 2.05) is 0 Å². The lowest BCUT2D eigenvalue weighted by Crippen LogP contribution is -2.45. The van der Waals surface area contributed by atoms with Crippen molar-refractivity contribution in [3.63, 3.8) is 0 Å². The maximum atomic E-state index is 13.8. The minimum atomic E-state index is -4.21. The Bertz CT molecular complexity index is 886. The van der Waals surface area contributed by atoms with Crippen molar-refractivity contribution in [3.05, 3.63) is 30.3 Å². The summed E-state index contributed by atoms with van der Waals surface area (Å²) in [6, 6.07) is 7.26. The van der Waals surface area contributed by atoms with Gasteiger partial charge < -0.3 is 18.7 Å². The van der Waals surface area contributed by atoms with Gasteiger partial charge in [-0.15, -0.1) is 0 Å². The molecule has 34 heavy (non-hydrogen) atoms.